The molecule has 2 heterocycles. The van der Waals surface area contributed by atoms with E-state index >= 15 is 0 Å². The minimum Gasteiger partial charge on any atom is -0.460 e. The highest BCUT2D eigenvalue weighted by Crippen LogP contribution is 2.23. The number of rotatable bonds is 4. The summed E-state index contributed by atoms with van der Waals surface area (Å²) in [6.07, 6.45) is 4.46. The van der Waals surface area contributed by atoms with Crippen LogP contribution < -0.4 is 5.32 Å². The molecule has 0 amide bonds. The quantitative estimate of drug-likeness (QED) is 0.874. The number of nitrogens with one attached hydrogen (secondary N) is 1. The zero-order chi connectivity index (χ0) is 11.7. The van der Waals surface area contributed by atoms with Crippen LogP contribution in [0.2, 0.25) is 0 Å². The lowest BCUT2D eigenvalue weighted by molar-refractivity contribution is 0.492. The van der Waals surface area contributed by atoms with E-state index in [2.05, 4.69) is 10.3 Å². The molecule has 0 aliphatic heterocycles. The van der Waals surface area contributed by atoms with Crippen molar-refractivity contribution in [1.29, 1.82) is 0 Å². The maximum absolute atomic E-state index is 5.79. The fraction of sp³-hybridized carbons (Fsp3) is 0.357. The molecular weight excluding hydrogens is 212 g/mol. The van der Waals surface area contributed by atoms with Gasteiger partial charge in [0, 0.05) is 23.5 Å². The summed E-state index contributed by atoms with van der Waals surface area (Å²) >= 11 is 0. The maximum atomic E-state index is 5.79. The topological polar surface area (TPSA) is 38.1 Å². The Morgan fingerprint density at radius 2 is 2.18 bits per heavy atom. The summed E-state index contributed by atoms with van der Waals surface area (Å²) in [7, 11) is 0. The van der Waals surface area contributed by atoms with E-state index < -0.39 is 0 Å². The van der Waals surface area contributed by atoms with Crippen molar-refractivity contribution < 1.29 is 4.42 Å². The van der Waals surface area contributed by atoms with Crippen molar-refractivity contribution in [3.05, 3.63) is 41.9 Å². The minimum atomic E-state index is 0.713. The fourth-order valence-electron chi connectivity index (χ4n) is 1.77. The molecule has 0 spiro atoms. The van der Waals surface area contributed by atoms with Crippen molar-refractivity contribution in [3.63, 3.8) is 0 Å². The van der Waals surface area contributed by atoms with Gasteiger partial charge in [0.1, 0.15) is 11.5 Å². The summed E-state index contributed by atoms with van der Waals surface area (Å²) in [5.74, 6) is 1.89. The van der Waals surface area contributed by atoms with Gasteiger partial charge in [-0.15, -0.1) is 0 Å². The molecule has 1 fully saturated rings. The van der Waals surface area contributed by atoms with Crippen LogP contribution in [0.5, 0.6) is 0 Å². The second-order valence-electron chi connectivity index (χ2n) is 4.61. The Balaban J connectivity index is 1.72. The lowest BCUT2D eigenvalue weighted by Crippen LogP contribution is -2.14. The van der Waals surface area contributed by atoms with E-state index in [4.69, 9.17) is 4.42 Å². The lowest BCUT2D eigenvalue weighted by Gasteiger charge is -1.99. The SMILES string of the molecule is Cc1ccc(-c2ccc(CNC3CC3)o2)cn1. The molecule has 0 aromatic carbocycles. The molecule has 1 saturated carbocycles. The summed E-state index contributed by atoms with van der Waals surface area (Å²) in [4.78, 5) is 4.27. The summed E-state index contributed by atoms with van der Waals surface area (Å²) in [5, 5.41) is 3.44. The zero-order valence-corrected chi connectivity index (χ0v) is 9.94. The average Bonchev–Trinajstić information content (AvgIpc) is 3.06. The molecule has 2 aromatic heterocycles. The van der Waals surface area contributed by atoms with Crippen LogP contribution in [0.3, 0.4) is 0 Å². The molecule has 3 heteroatoms. The first-order chi connectivity index (χ1) is 8.31. The van der Waals surface area contributed by atoms with E-state index in [-0.39, 0.29) is 0 Å². The molecule has 1 aliphatic carbocycles. The molecule has 3 nitrogen and oxygen atoms in total. The number of hydrogen-bond acceptors (Lipinski definition) is 3. The van der Waals surface area contributed by atoms with E-state index in [1.54, 1.807) is 0 Å². The van der Waals surface area contributed by atoms with Crippen LogP contribution in [0.4, 0.5) is 0 Å². The highest BCUT2D eigenvalue weighted by molar-refractivity contribution is 5.56. The Morgan fingerprint density at radius 1 is 1.29 bits per heavy atom. The molecule has 1 aliphatic rings. The lowest BCUT2D eigenvalue weighted by atomic mass is 10.2. The van der Waals surface area contributed by atoms with Gasteiger partial charge in [-0.1, -0.05) is 0 Å². The van der Waals surface area contributed by atoms with Crippen LogP contribution in [0.15, 0.2) is 34.9 Å². The second kappa shape index (κ2) is 4.34. The van der Waals surface area contributed by atoms with Crippen LogP contribution in [0, 0.1) is 6.92 Å². The van der Waals surface area contributed by atoms with Gasteiger partial charge in [-0.25, -0.2) is 0 Å². The first kappa shape index (κ1) is 10.5. The minimum absolute atomic E-state index is 0.713. The number of hydrogen-bond donors (Lipinski definition) is 1. The third-order valence-electron chi connectivity index (χ3n) is 3.00. The summed E-state index contributed by atoms with van der Waals surface area (Å²) < 4.78 is 5.79. The maximum Gasteiger partial charge on any atom is 0.135 e. The molecule has 0 atom stereocenters. The molecule has 1 N–H and O–H groups in total. The molecule has 2 aromatic rings. The molecule has 0 bridgehead atoms. The number of aryl methyl sites for hydroxylation is 1. The van der Waals surface area contributed by atoms with Crippen molar-refractivity contribution >= 4 is 0 Å². The summed E-state index contributed by atoms with van der Waals surface area (Å²) in [6.45, 7) is 2.81. The van der Waals surface area contributed by atoms with Gasteiger partial charge in [0.25, 0.3) is 0 Å². The van der Waals surface area contributed by atoms with Gasteiger partial charge in [0.15, 0.2) is 0 Å². The predicted octanol–water partition coefficient (Wildman–Crippen LogP) is 2.90. The monoisotopic (exact) mass is 228 g/mol. The van der Waals surface area contributed by atoms with Crippen LogP contribution in [0.1, 0.15) is 24.3 Å². The van der Waals surface area contributed by atoms with Crippen molar-refractivity contribution in [2.75, 3.05) is 0 Å². The largest absolute Gasteiger partial charge is 0.460 e. The zero-order valence-electron chi connectivity index (χ0n) is 9.94. The summed E-state index contributed by atoms with van der Waals surface area (Å²) in [5.41, 5.74) is 2.06. The number of furan rings is 1. The first-order valence-electron chi connectivity index (χ1n) is 6.06. The van der Waals surface area contributed by atoms with Gasteiger partial charge < -0.3 is 9.73 Å². The van der Waals surface area contributed by atoms with Gasteiger partial charge in [-0.3, -0.25) is 4.98 Å². The second-order valence-corrected chi connectivity index (χ2v) is 4.61. The third kappa shape index (κ3) is 2.56. The number of aromatic nitrogens is 1. The van der Waals surface area contributed by atoms with Gasteiger partial charge in [-0.05, 0) is 44.0 Å². The Morgan fingerprint density at radius 3 is 2.88 bits per heavy atom. The Labute approximate surface area is 101 Å². The van der Waals surface area contributed by atoms with Crippen molar-refractivity contribution in [2.24, 2.45) is 0 Å². The summed E-state index contributed by atoms with van der Waals surface area (Å²) in [6, 6.07) is 8.80. The van der Waals surface area contributed by atoms with Crippen LogP contribution in [0.25, 0.3) is 11.3 Å². The van der Waals surface area contributed by atoms with Gasteiger partial charge >= 0.3 is 0 Å². The Bertz CT molecular complexity index is 497. The van der Waals surface area contributed by atoms with Crippen LogP contribution in [-0.4, -0.2) is 11.0 Å². The average molecular weight is 228 g/mol. The van der Waals surface area contributed by atoms with Crippen molar-refractivity contribution in [1.82, 2.24) is 10.3 Å². The molecule has 0 radical (unpaired) electrons. The van der Waals surface area contributed by atoms with Gasteiger partial charge in [-0.2, -0.15) is 0 Å². The Kier molecular flexibility index (Phi) is 2.69. The van der Waals surface area contributed by atoms with E-state index in [0.717, 1.165) is 29.3 Å². The fourth-order valence-corrected chi connectivity index (χ4v) is 1.77. The first-order valence-corrected chi connectivity index (χ1v) is 6.06. The van der Waals surface area contributed by atoms with Gasteiger partial charge in [0.2, 0.25) is 0 Å². The van der Waals surface area contributed by atoms with E-state index in [1.165, 1.54) is 12.8 Å². The molecule has 0 unspecified atom stereocenters. The normalized spacial score (nSPS) is 15.1. The highest BCUT2D eigenvalue weighted by Gasteiger charge is 2.20. The Hall–Kier alpha value is -1.61. The molecule has 0 saturated heterocycles. The highest BCUT2D eigenvalue weighted by atomic mass is 16.3. The van der Waals surface area contributed by atoms with Crippen LogP contribution in [-0.2, 0) is 6.54 Å². The van der Waals surface area contributed by atoms with E-state index in [9.17, 15) is 0 Å². The van der Waals surface area contributed by atoms with E-state index in [0.29, 0.717) is 6.04 Å². The smallest absolute Gasteiger partial charge is 0.135 e. The molecule has 88 valence electrons. The number of pyridine rings is 1. The van der Waals surface area contributed by atoms with E-state index in [1.807, 2.05) is 37.4 Å². The third-order valence-corrected chi connectivity index (χ3v) is 3.00. The number of nitrogens with zero attached hydrogens (tertiary/aromatic N) is 1. The standard InChI is InChI=1S/C14H16N2O/c1-10-2-3-11(8-15-10)14-7-6-13(17-14)9-16-12-4-5-12/h2-3,6-8,12,16H,4-5,9H2,1H3. The van der Waals surface area contributed by atoms with Crippen LogP contribution >= 0.6 is 0 Å². The molecular formula is C14H16N2O. The molecule has 17 heavy (non-hydrogen) atoms. The molecule has 3 rings (SSSR count). The van der Waals surface area contributed by atoms with Crippen molar-refractivity contribution in [3.8, 4) is 11.3 Å². The van der Waals surface area contributed by atoms with Crippen molar-refractivity contribution in [2.45, 2.75) is 32.4 Å². The van der Waals surface area contributed by atoms with Gasteiger partial charge in [0.05, 0.1) is 6.54 Å². The predicted molar refractivity (Wildman–Crippen MR) is 66.5 cm³/mol.